The van der Waals surface area contributed by atoms with E-state index >= 15 is 0 Å². The lowest BCUT2D eigenvalue weighted by molar-refractivity contribution is 0.415. The predicted octanol–water partition coefficient (Wildman–Crippen LogP) is 3.89. The van der Waals surface area contributed by atoms with E-state index in [1.807, 2.05) is 54.6 Å². The highest BCUT2D eigenvalue weighted by molar-refractivity contribution is 7.71. The van der Waals surface area contributed by atoms with Crippen LogP contribution in [0.15, 0.2) is 65.9 Å². The third-order valence-electron chi connectivity index (χ3n) is 4.04. The van der Waals surface area contributed by atoms with Crippen molar-refractivity contribution in [3.05, 3.63) is 71.1 Å². The van der Waals surface area contributed by atoms with Crippen LogP contribution in [0.1, 0.15) is 5.56 Å². The highest BCUT2D eigenvalue weighted by Gasteiger charge is 2.09. The molecule has 2 aromatic carbocycles. The van der Waals surface area contributed by atoms with Crippen LogP contribution in [0, 0.1) is 4.77 Å². The maximum absolute atomic E-state index is 5.32. The van der Waals surface area contributed by atoms with E-state index in [4.69, 9.17) is 17.0 Å². The van der Waals surface area contributed by atoms with Crippen LogP contribution < -0.4 is 4.74 Å². The zero-order valence-corrected chi connectivity index (χ0v) is 15.3. The number of methoxy groups -OCH3 is 1. The largest absolute Gasteiger partial charge is 0.497 e. The quantitative estimate of drug-likeness (QED) is 0.409. The van der Waals surface area contributed by atoms with Gasteiger partial charge in [0.2, 0.25) is 4.77 Å². The molecule has 0 amide bonds. The number of H-pyrrole nitrogens is 2. The van der Waals surface area contributed by atoms with Crippen molar-refractivity contribution < 1.29 is 4.74 Å². The smallest absolute Gasteiger partial charge is 0.216 e. The average molecular weight is 376 g/mol. The summed E-state index contributed by atoms with van der Waals surface area (Å²) >= 11 is 5.32. The number of nitrogens with zero attached hydrogens (tertiary/aromatic N) is 4. The number of hydrogen-bond acceptors (Lipinski definition) is 5. The van der Waals surface area contributed by atoms with E-state index in [1.165, 1.54) is 0 Å². The monoisotopic (exact) mass is 376 g/mol. The van der Waals surface area contributed by atoms with Gasteiger partial charge in [0.1, 0.15) is 5.75 Å². The summed E-state index contributed by atoms with van der Waals surface area (Å²) in [6.07, 6.45) is 3.43. The molecule has 4 rings (SSSR count). The van der Waals surface area contributed by atoms with E-state index in [-0.39, 0.29) is 0 Å². The SMILES string of the molecule is COc1ccc(-c2[nH]ncc2/C=N/n2c(-c3ccccc3)n[nH]c2=S)cc1. The second-order valence-electron chi connectivity index (χ2n) is 5.70. The summed E-state index contributed by atoms with van der Waals surface area (Å²) in [5.74, 6) is 1.44. The Bertz CT molecular complexity index is 1120. The number of nitrogens with one attached hydrogen (secondary N) is 2. The molecule has 134 valence electrons. The van der Waals surface area contributed by atoms with Crippen LogP contribution in [0.3, 0.4) is 0 Å². The molecule has 0 bridgehead atoms. The third-order valence-corrected chi connectivity index (χ3v) is 4.31. The van der Waals surface area contributed by atoms with Gasteiger partial charge in [0, 0.05) is 16.7 Å². The highest BCUT2D eigenvalue weighted by Crippen LogP contribution is 2.23. The molecule has 0 saturated heterocycles. The molecule has 27 heavy (non-hydrogen) atoms. The molecule has 2 N–H and O–H groups in total. The maximum Gasteiger partial charge on any atom is 0.216 e. The average Bonchev–Trinajstić information content (AvgIpc) is 3.33. The van der Waals surface area contributed by atoms with Crippen LogP contribution in [-0.2, 0) is 0 Å². The minimum Gasteiger partial charge on any atom is -0.497 e. The molecule has 0 fully saturated rings. The van der Waals surface area contributed by atoms with Crippen LogP contribution in [0.4, 0.5) is 0 Å². The van der Waals surface area contributed by atoms with Gasteiger partial charge in [-0.1, -0.05) is 30.3 Å². The number of ether oxygens (including phenoxy) is 1. The Kier molecular flexibility index (Phi) is 4.63. The minimum atomic E-state index is 0.416. The van der Waals surface area contributed by atoms with E-state index in [9.17, 15) is 0 Å². The van der Waals surface area contributed by atoms with Crippen molar-refractivity contribution in [1.29, 1.82) is 0 Å². The Morgan fingerprint density at radius 3 is 2.56 bits per heavy atom. The van der Waals surface area contributed by atoms with Crippen molar-refractivity contribution in [1.82, 2.24) is 25.1 Å². The Morgan fingerprint density at radius 1 is 1.04 bits per heavy atom. The zero-order chi connectivity index (χ0) is 18.6. The topological polar surface area (TPSA) is 83.9 Å². The molecule has 0 radical (unpaired) electrons. The first kappa shape index (κ1) is 16.9. The second-order valence-corrected chi connectivity index (χ2v) is 6.09. The molecular formula is C19H16N6OS. The van der Waals surface area contributed by atoms with Gasteiger partial charge >= 0.3 is 0 Å². The fourth-order valence-corrected chi connectivity index (χ4v) is 2.85. The van der Waals surface area contributed by atoms with Crippen LogP contribution in [0.2, 0.25) is 0 Å². The summed E-state index contributed by atoms with van der Waals surface area (Å²) < 4.78 is 7.21. The standard InChI is InChI=1S/C19H16N6OS/c1-26-16-9-7-13(8-10-16)17-15(11-20-22-17)12-21-25-18(23-24-19(25)27)14-5-3-2-4-6-14/h2-12H,1H3,(H,20,22)(H,24,27)/b21-12+. The van der Waals surface area contributed by atoms with Crippen molar-refractivity contribution in [2.24, 2.45) is 5.10 Å². The lowest BCUT2D eigenvalue weighted by Gasteiger charge is -2.03. The summed E-state index contributed by atoms with van der Waals surface area (Å²) in [4.78, 5) is 0. The first-order chi connectivity index (χ1) is 13.3. The van der Waals surface area contributed by atoms with Crippen LogP contribution in [-0.4, -0.2) is 38.4 Å². The molecule has 7 nitrogen and oxygen atoms in total. The third kappa shape index (κ3) is 3.42. The molecule has 0 aliphatic carbocycles. The molecular weight excluding hydrogens is 360 g/mol. The predicted molar refractivity (Wildman–Crippen MR) is 106 cm³/mol. The number of rotatable bonds is 5. The summed E-state index contributed by atoms with van der Waals surface area (Å²) in [6.45, 7) is 0. The first-order valence-electron chi connectivity index (χ1n) is 8.21. The van der Waals surface area contributed by atoms with Crippen molar-refractivity contribution in [2.45, 2.75) is 0 Å². The van der Waals surface area contributed by atoms with Gasteiger partial charge in [-0.05, 0) is 36.5 Å². The second kappa shape index (κ2) is 7.38. The number of aromatic nitrogens is 5. The normalized spacial score (nSPS) is 11.1. The molecule has 8 heteroatoms. The molecule has 0 atom stereocenters. The molecule has 2 aromatic heterocycles. The van der Waals surface area contributed by atoms with Gasteiger partial charge < -0.3 is 4.74 Å². The van der Waals surface area contributed by atoms with Crippen molar-refractivity contribution in [2.75, 3.05) is 7.11 Å². The van der Waals surface area contributed by atoms with Gasteiger partial charge in [0.15, 0.2) is 5.82 Å². The first-order valence-corrected chi connectivity index (χ1v) is 8.62. The molecule has 4 aromatic rings. The van der Waals surface area contributed by atoms with Gasteiger partial charge in [-0.3, -0.25) is 5.10 Å². The van der Waals surface area contributed by atoms with Crippen molar-refractivity contribution in [3.8, 4) is 28.4 Å². The maximum atomic E-state index is 5.32. The number of benzene rings is 2. The number of aromatic amines is 2. The van der Waals surface area contributed by atoms with Crippen molar-refractivity contribution >= 4 is 18.4 Å². The molecule has 0 aliphatic heterocycles. The minimum absolute atomic E-state index is 0.416. The van der Waals surface area contributed by atoms with Crippen molar-refractivity contribution in [3.63, 3.8) is 0 Å². The summed E-state index contributed by atoms with van der Waals surface area (Å²) in [6, 6.07) is 17.5. The molecule has 0 unspecified atom stereocenters. The van der Waals surface area contributed by atoms with Gasteiger partial charge in [-0.2, -0.15) is 20.0 Å². The summed E-state index contributed by atoms with van der Waals surface area (Å²) in [5, 5.41) is 18.7. The lowest BCUT2D eigenvalue weighted by atomic mass is 10.1. The molecule has 0 aliphatic rings. The van der Waals surface area contributed by atoms with E-state index in [0.717, 1.165) is 28.1 Å². The van der Waals surface area contributed by atoms with Gasteiger partial charge in [0.25, 0.3) is 0 Å². The Hall–Kier alpha value is -3.52. The Labute approximate surface area is 160 Å². The van der Waals surface area contributed by atoms with Crippen LogP contribution >= 0.6 is 12.2 Å². The van der Waals surface area contributed by atoms with Crippen LogP contribution in [0.25, 0.3) is 22.6 Å². The Morgan fingerprint density at radius 2 is 1.81 bits per heavy atom. The summed E-state index contributed by atoms with van der Waals surface area (Å²) in [7, 11) is 1.64. The summed E-state index contributed by atoms with van der Waals surface area (Å²) in [5.41, 5.74) is 3.60. The van der Waals surface area contributed by atoms with Gasteiger partial charge in [-0.25, -0.2) is 5.10 Å². The highest BCUT2D eigenvalue weighted by atomic mass is 32.1. The van der Waals surface area contributed by atoms with E-state index < -0.39 is 0 Å². The van der Waals surface area contributed by atoms with E-state index in [0.29, 0.717) is 10.6 Å². The molecule has 2 heterocycles. The van der Waals surface area contributed by atoms with Gasteiger partial charge in [0.05, 0.1) is 25.2 Å². The molecule has 0 spiro atoms. The van der Waals surface area contributed by atoms with Gasteiger partial charge in [-0.15, -0.1) is 0 Å². The fraction of sp³-hybridized carbons (Fsp3) is 0.0526. The van der Waals surface area contributed by atoms with E-state index in [2.05, 4.69) is 25.5 Å². The number of hydrogen-bond donors (Lipinski definition) is 2. The van der Waals surface area contributed by atoms with Crippen LogP contribution in [0.5, 0.6) is 5.75 Å². The molecule has 0 saturated carbocycles. The fourth-order valence-electron chi connectivity index (χ4n) is 2.68. The zero-order valence-electron chi connectivity index (χ0n) is 14.5. The van der Waals surface area contributed by atoms with E-state index in [1.54, 1.807) is 24.2 Å². The Balaban J connectivity index is 1.68. The lowest BCUT2D eigenvalue weighted by Crippen LogP contribution is -1.95.